The van der Waals surface area contributed by atoms with Crippen LogP contribution in [-0.4, -0.2) is 90.5 Å². The number of carboxylic acids is 1. The van der Waals surface area contributed by atoms with Gasteiger partial charge in [0.1, 0.15) is 17.7 Å². The van der Waals surface area contributed by atoms with E-state index >= 15 is 0 Å². The number of pyridine rings is 2. The molecule has 2 atom stereocenters. The molecule has 3 aromatic rings. The number of carboxylic acid groups (broad SMARTS) is 1. The number of likely N-dealkylation sites (tertiary alicyclic amines) is 1. The number of hydrogen-bond acceptors (Lipinski definition) is 8. The van der Waals surface area contributed by atoms with E-state index in [1.165, 1.54) is 0 Å². The Hall–Kier alpha value is -3.75. The molecule has 5 rings (SSSR count). The number of aryl methyl sites for hydroxylation is 1. The van der Waals surface area contributed by atoms with Crippen molar-refractivity contribution in [2.45, 2.75) is 50.4 Å². The lowest BCUT2D eigenvalue weighted by atomic mass is 9.98. The summed E-state index contributed by atoms with van der Waals surface area (Å²) in [4.78, 5) is 28.1. The third kappa shape index (κ3) is 7.85. The maximum Gasteiger partial charge on any atom is 0.490 e. The van der Waals surface area contributed by atoms with Crippen LogP contribution in [0.3, 0.4) is 0 Å². The highest BCUT2D eigenvalue weighted by Crippen LogP contribution is 2.39. The molecule has 4 heterocycles. The van der Waals surface area contributed by atoms with Gasteiger partial charge in [0, 0.05) is 68.5 Å². The van der Waals surface area contributed by atoms with Crippen molar-refractivity contribution in [2.24, 2.45) is 7.05 Å². The molecule has 0 radical (unpaired) electrons. The average molecular weight is 625 g/mol. The van der Waals surface area contributed by atoms with Gasteiger partial charge in [-0.15, -0.1) is 0 Å². The third-order valence-corrected chi connectivity index (χ3v) is 7.76. The molecular formula is C30H36F4N4O6. The normalized spacial score (nSPS) is 19.7. The fourth-order valence-electron chi connectivity index (χ4n) is 5.46. The number of nitrogens with zero attached hydrogens (tertiary/aromatic N) is 3. The summed E-state index contributed by atoms with van der Waals surface area (Å²) in [6.45, 7) is 3.65. The number of methoxy groups -OCH3 is 2. The van der Waals surface area contributed by atoms with Gasteiger partial charge in [-0.1, -0.05) is 0 Å². The minimum atomic E-state index is -5.08. The lowest BCUT2D eigenvalue weighted by molar-refractivity contribution is -0.192. The number of benzene rings is 1. The molecule has 2 fully saturated rings. The van der Waals surface area contributed by atoms with Gasteiger partial charge in [0.05, 0.1) is 31.8 Å². The van der Waals surface area contributed by atoms with Gasteiger partial charge in [-0.2, -0.15) is 13.2 Å². The lowest BCUT2D eigenvalue weighted by Crippen LogP contribution is -2.46. The summed E-state index contributed by atoms with van der Waals surface area (Å²) in [5, 5.41) is 11.6. The fraction of sp³-hybridized carbons (Fsp3) is 0.500. The smallest absolute Gasteiger partial charge is 0.490 e. The number of aromatic nitrogens is 2. The zero-order valence-corrected chi connectivity index (χ0v) is 24.7. The molecule has 44 heavy (non-hydrogen) atoms. The van der Waals surface area contributed by atoms with E-state index in [-0.39, 0.29) is 17.8 Å². The Balaban J connectivity index is 0.000000566. The van der Waals surface area contributed by atoms with Gasteiger partial charge in [-0.25, -0.2) is 9.18 Å². The quantitative estimate of drug-likeness (QED) is 0.378. The number of ether oxygens (including phenoxy) is 3. The number of rotatable bonds is 7. The van der Waals surface area contributed by atoms with E-state index in [2.05, 4.69) is 15.2 Å². The summed E-state index contributed by atoms with van der Waals surface area (Å²) in [6, 6.07) is 5.87. The number of nitrogens with one attached hydrogen (secondary N) is 1. The van der Waals surface area contributed by atoms with Crippen LogP contribution < -0.4 is 20.3 Å². The molecule has 14 heteroatoms. The first-order chi connectivity index (χ1) is 20.9. The van der Waals surface area contributed by atoms with Gasteiger partial charge < -0.3 is 29.2 Å². The minimum absolute atomic E-state index is 0.0935. The number of alkyl halides is 4. The summed E-state index contributed by atoms with van der Waals surface area (Å²) in [6.07, 6.45) is 1.41. The highest BCUT2D eigenvalue weighted by Gasteiger charge is 2.38. The topological polar surface area (TPSA) is 115 Å². The summed E-state index contributed by atoms with van der Waals surface area (Å²) >= 11 is 0. The second-order valence-corrected chi connectivity index (χ2v) is 10.7. The van der Waals surface area contributed by atoms with Gasteiger partial charge in [-0.05, 0) is 49.4 Å². The average Bonchev–Trinajstić information content (AvgIpc) is 3.00. The van der Waals surface area contributed by atoms with E-state index < -0.39 is 18.3 Å². The number of piperidine rings is 2. The van der Waals surface area contributed by atoms with Crippen molar-refractivity contribution < 1.29 is 41.7 Å². The van der Waals surface area contributed by atoms with Crippen LogP contribution in [0.25, 0.3) is 21.9 Å². The van der Waals surface area contributed by atoms with E-state index in [0.717, 1.165) is 66.7 Å². The molecule has 2 aliphatic heterocycles. The van der Waals surface area contributed by atoms with Crippen molar-refractivity contribution in [1.82, 2.24) is 19.8 Å². The summed E-state index contributed by atoms with van der Waals surface area (Å²) < 4.78 is 65.2. The molecule has 0 unspecified atom stereocenters. The van der Waals surface area contributed by atoms with Crippen molar-refractivity contribution in [3.63, 3.8) is 0 Å². The highest BCUT2D eigenvalue weighted by atomic mass is 19.4. The Morgan fingerprint density at radius 3 is 2.39 bits per heavy atom. The second kappa shape index (κ2) is 14.4. The zero-order valence-electron chi connectivity index (χ0n) is 24.7. The Morgan fingerprint density at radius 1 is 1.09 bits per heavy atom. The monoisotopic (exact) mass is 624 g/mol. The molecule has 240 valence electrons. The SMILES string of the molecule is COc1cc(-c2cn(C)c(=O)c3cnccc23)c(OC)cc1CN1CCC(O[C@@H]2CCNC[C@H]2F)CC1.O=C(O)C(F)(F)F. The van der Waals surface area contributed by atoms with Gasteiger partial charge in [0.25, 0.3) is 5.56 Å². The van der Waals surface area contributed by atoms with E-state index in [1.54, 1.807) is 38.2 Å². The van der Waals surface area contributed by atoms with Gasteiger partial charge in [0.15, 0.2) is 0 Å². The van der Waals surface area contributed by atoms with E-state index in [4.69, 9.17) is 24.1 Å². The van der Waals surface area contributed by atoms with Crippen molar-refractivity contribution >= 4 is 16.7 Å². The van der Waals surface area contributed by atoms with E-state index in [1.807, 2.05) is 24.4 Å². The second-order valence-electron chi connectivity index (χ2n) is 10.7. The van der Waals surface area contributed by atoms with Crippen molar-refractivity contribution in [1.29, 1.82) is 0 Å². The number of fused-ring (bicyclic) bond motifs is 1. The predicted molar refractivity (Wildman–Crippen MR) is 155 cm³/mol. The van der Waals surface area contributed by atoms with Gasteiger partial charge in [0.2, 0.25) is 0 Å². The van der Waals surface area contributed by atoms with Crippen LogP contribution >= 0.6 is 0 Å². The molecule has 0 aliphatic carbocycles. The predicted octanol–water partition coefficient (Wildman–Crippen LogP) is 3.93. The van der Waals surface area contributed by atoms with Crippen molar-refractivity contribution in [3.8, 4) is 22.6 Å². The Morgan fingerprint density at radius 2 is 1.77 bits per heavy atom. The van der Waals surface area contributed by atoms with Gasteiger partial charge in [-0.3, -0.25) is 14.7 Å². The molecule has 0 saturated carbocycles. The van der Waals surface area contributed by atoms with Crippen LogP contribution in [0.1, 0.15) is 24.8 Å². The van der Waals surface area contributed by atoms with Crippen LogP contribution in [0.5, 0.6) is 11.5 Å². The minimum Gasteiger partial charge on any atom is -0.496 e. The first-order valence-electron chi connectivity index (χ1n) is 14.1. The van der Waals surface area contributed by atoms with Crippen LogP contribution in [0.4, 0.5) is 17.6 Å². The van der Waals surface area contributed by atoms with E-state index in [9.17, 15) is 22.4 Å². The lowest BCUT2D eigenvalue weighted by Gasteiger charge is -2.36. The first kappa shape index (κ1) is 33.1. The number of carbonyl (C=O) groups is 1. The molecule has 0 spiro atoms. The molecule has 2 aromatic heterocycles. The summed E-state index contributed by atoms with van der Waals surface area (Å²) in [7, 11) is 5.06. The van der Waals surface area contributed by atoms with Gasteiger partial charge >= 0.3 is 12.1 Å². The third-order valence-electron chi connectivity index (χ3n) is 7.76. The molecule has 10 nitrogen and oxygen atoms in total. The van der Waals surface area contributed by atoms with E-state index in [0.29, 0.717) is 24.2 Å². The molecule has 0 amide bonds. The van der Waals surface area contributed by atoms with Crippen molar-refractivity contribution in [3.05, 3.63) is 52.7 Å². The maximum absolute atomic E-state index is 14.2. The molecule has 0 bridgehead atoms. The van der Waals surface area contributed by atoms with Crippen molar-refractivity contribution in [2.75, 3.05) is 40.4 Å². The van der Waals surface area contributed by atoms with Crippen LogP contribution in [-0.2, 0) is 23.1 Å². The molecular weight excluding hydrogens is 588 g/mol. The zero-order chi connectivity index (χ0) is 32.0. The molecule has 1 aromatic carbocycles. The fourth-order valence-corrected chi connectivity index (χ4v) is 5.46. The first-order valence-corrected chi connectivity index (χ1v) is 14.1. The summed E-state index contributed by atoms with van der Waals surface area (Å²) in [5.74, 6) is -1.28. The Bertz CT molecular complexity index is 1510. The summed E-state index contributed by atoms with van der Waals surface area (Å²) in [5.41, 5.74) is 2.66. The standard InChI is InChI=1S/C28H35FN4O4.C2HF3O2/c1-32-17-23(20-4-8-30-14-22(20)28(32)34)21-13-26(35-2)18(12-27(21)36-3)16-33-10-6-19(7-11-33)37-25-5-9-31-15-24(25)29;3-2(4,5)1(6)7/h4,8,12-14,17,19,24-25,31H,5-7,9-11,15-16H2,1-3H3;(H,6,7)/t24-,25-;/m1./s1. The number of aliphatic carboxylic acids is 1. The maximum atomic E-state index is 14.2. The Kier molecular flexibility index (Phi) is 10.8. The van der Waals surface area contributed by atoms with Crippen LogP contribution in [0.15, 0.2) is 41.6 Å². The largest absolute Gasteiger partial charge is 0.496 e. The van der Waals surface area contributed by atoms with Crippen LogP contribution in [0, 0.1) is 0 Å². The molecule has 2 saturated heterocycles. The number of hydrogen-bond donors (Lipinski definition) is 2. The highest BCUT2D eigenvalue weighted by molar-refractivity contribution is 5.97. The molecule has 2 aliphatic rings. The number of halogens is 4. The molecule has 2 N–H and O–H groups in total. The van der Waals surface area contributed by atoms with Crippen LogP contribution in [0.2, 0.25) is 0 Å². The Labute approximate surface area is 251 Å².